The van der Waals surface area contributed by atoms with Gasteiger partial charge in [-0.3, -0.25) is 4.79 Å². The minimum Gasteiger partial charge on any atom is -0.508 e. The van der Waals surface area contributed by atoms with Crippen LogP contribution in [0, 0.1) is 0 Å². The van der Waals surface area contributed by atoms with E-state index in [-0.39, 0.29) is 18.1 Å². The minimum atomic E-state index is -0.176. The fourth-order valence-electron chi connectivity index (χ4n) is 1.97. The minimum absolute atomic E-state index is 0.0994. The van der Waals surface area contributed by atoms with Crippen molar-refractivity contribution < 1.29 is 9.90 Å². The number of aromatic hydroxyl groups is 1. The van der Waals surface area contributed by atoms with E-state index in [2.05, 4.69) is 5.32 Å². The van der Waals surface area contributed by atoms with E-state index in [1.165, 1.54) is 12.1 Å². The van der Waals surface area contributed by atoms with Gasteiger partial charge in [0, 0.05) is 31.2 Å². The van der Waals surface area contributed by atoms with Crippen LogP contribution >= 0.6 is 0 Å². The highest BCUT2D eigenvalue weighted by atomic mass is 16.3. The van der Waals surface area contributed by atoms with Gasteiger partial charge in [0.25, 0.3) is 0 Å². The fourth-order valence-corrected chi connectivity index (χ4v) is 1.97. The predicted octanol–water partition coefficient (Wildman–Crippen LogP) is 2.22. The Bertz CT molecular complexity index is 636. The van der Waals surface area contributed by atoms with E-state index in [1.807, 2.05) is 43.3 Å². The first-order valence-corrected chi connectivity index (χ1v) is 6.60. The molecule has 0 atom stereocenters. The number of carbonyl (C=O) groups is 1. The van der Waals surface area contributed by atoms with Crippen molar-refractivity contribution in [3.8, 4) is 5.75 Å². The quantitative estimate of drug-likeness (QED) is 0.594. The number of nitrogens with zero attached hydrogens (tertiary/aromatic N) is 1. The van der Waals surface area contributed by atoms with Crippen LogP contribution < -0.4 is 16.0 Å². The molecule has 2 rings (SSSR count). The average molecular weight is 285 g/mol. The number of amides is 1. The van der Waals surface area contributed by atoms with Crippen LogP contribution in [0.15, 0.2) is 42.5 Å². The van der Waals surface area contributed by atoms with Crippen molar-refractivity contribution >= 4 is 23.0 Å². The van der Waals surface area contributed by atoms with Crippen molar-refractivity contribution in [3.05, 3.63) is 48.0 Å². The number of carbonyl (C=O) groups excluding carboxylic acids is 1. The molecular formula is C16H19N3O2. The zero-order valence-corrected chi connectivity index (χ0v) is 12.1. The Morgan fingerprint density at radius 1 is 1.19 bits per heavy atom. The Morgan fingerprint density at radius 3 is 2.48 bits per heavy atom. The highest BCUT2D eigenvalue weighted by Crippen LogP contribution is 2.20. The van der Waals surface area contributed by atoms with Crippen LogP contribution in [-0.2, 0) is 11.2 Å². The number of phenols is 1. The normalized spacial score (nSPS) is 10.2. The summed E-state index contributed by atoms with van der Waals surface area (Å²) >= 11 is 0. The van der Waals surface area contributed by atoms with Crippen molar-refractivity contribution in [3.63, 3.8) is 0 Å². The number of hydrogen-bond acceptors (Lipinski definition) is 4. The highest BCUT2D eigenvalue weighted by molar-refractivity contribution is 5.93. The Labute approximate surface area is 124 Å². The number of nitrogen functional groups attached to an aromatic ring is 1. The van der Waals surface area contributed by atoms with Crippen molar-refractivity contribution in [1.29, 1.82) is 0 Å². The lowest BCUT2D eigenvalue weighted by molar-refractivity contribution is -0.115. The number of phenolic OH excluding ortho intramolecular Hbond substituents is 1. The number of anilines is 3. The SMILES string of the molecule is CN(C)c1ccc(NC(=O)Cc2cc(O)ccc2N)cc1. The van der Waals surface area contributed by atoms with Crippen molar-refractivity contribution in [2.24, 2.45) is 0 Å². The van der Waals surface area contributed by atoms with E-state index in [9.17, 15) is 9.90 Å². The second-order valence-corrected chi connectivity index (χ2v) is 5.05. The maximum Gasteiger partial charge on any atom is 0.228 e. The Hall–Kier alpha value is -2.69. The standard InChI is InChI=1S/C16H19N3O2/c1-19(2)13-5-3-12(4-6-13)18-16(21)10-11-9-14(20)7-8-15(11)17/h3-9,20H,10,17H2,1-2H3,(H,18,21). The number of nitrogens with two attached hydrogens (primary N) is 1. The molecule has 0 spiro atoms. The zero-order valence-electron chi connectivity index (χ0n) is 12.1. The van der Waals surface area contributed by atoms with Gasteiger partial charge in [-0.2, -0.15) is 0 Å². The van der Waals surface area contributed by atoms with Crippen LogP contribution in [0.25, 0.3) is 0 Å². The first-order valence-electron chi connectivity index (χ1n) is 6.60. The molecule has 2 aromatic rings. The van der Waals surface area contributed by atoms with Crippen LogP contribution in [0.4, 0.5) is 17.1 Å². The molecule has 5 nitrogen and oxygen atoms in total. The fraction of sp³-hybridized carbons (Fsp3) is 0.188. The summed E-state index contributed by atoms with van der Waals surface area (Å²) in [4.78, 5) is 14.0. The molecule has 21 heavy (non-hydrogen) atoms. The maximum atomic E-state index is 12.0. The average Bonchev–Trinajstić information content (AvgIpc) is 2.43. The van der Waals surface area contributed by atoms with Gasteiger partial charge in [-0.25, -0.2) is 0 Å². The van der Waals surface area contributed by atoms with Gasteiger partial charge < -0.3 is 21.1 Å². The van der Waals surface area contributed by atoms with Gasteiger partial charge in [-0.1, -0.05) is 0 Å². The molecule has 0 unspecified atom stereocenters. The molecule has 110 valence electrons. The van der Waals surface area contributed by atoms with Gasteiger partial charge in [0.2, 0.25) is 5.91 Å². The van der Waals surface area contributed by atoms with Crippen LogP contribution in [0.2, 0.25) is 0 Å². The smallest absolute Gasteiger partial charge is 0.228 e. The molecule has 2 aromatic carbocycles. The monoisotopic (exact) mass is 285 g/mol. The molecule has 0 aliphatic rings. The summed E-state index contributed by atoms with van der Waals surface area (Å²) in [6.07, 6.45) is 0.121. The van der Waals surface area contributed by atoms with Gasteiger partial charge >= 0.3 is 0 Å². The summed E-state index contributed by atoms with van der Waals surface area (Å²) in [7, 11) is 3.91. The van der Waals surface area contributed by atoms with E-state index in [0.29, 0.717) is 11.3 Å². The van der Waals surface area contributed by atoms with Crippen LogP contribution in [0.1, 0.15) is 5.56 Å². The van der Waals surface area contributed by atoms with Gasteiger partial charge in [0.05, 0.1) is 6.42 Å². The third kappa shape index (κ3) is 3.89. The molecule has 0 fully saturated rings. The molecule has 1 amide bonds. The van der Waals surface area contributed by atoms with Crippen molar-refractivity contribution in [2.45, 2.75) is 6.42 Å². The van der Waals surface area contributed by atoms with Crippen molar-refractivity contribution in [2.75, 3.05) is 30.0 Å². The summed E-state index contributed by atoms with van der Waals surface area (Å²) < 4.78 is 0. The Morgan fingerprint density at radius 2 is 1.86 bits per heavy atom. The summed E-state index contributed by atoms with van der Waals surface area (Å²) in [6, 6.07) is 12.1. The Balaban J connectivity index is 2.03. The third-order valence-corrected chi connectivity index (χ3v) is 3.15. The van der Waals surface area contributed by atoms with E-state index in [1.54, 1.807) is 6.07 Å². The molecule has 0 aliphatic carbocycles. The molecule has 0 radical (unpaired) electrons. The molecule has 0 aromatic heterocycles. The van der Waals surface area contributed by atoms with Crippen LogP contribution in [-0.4, -0.2) is 25.1 Å². The zero-order chi connectivity index (χ0) is 15.4. The second kappa shape index (κ2) is 6.17. The topological polar surface area (TPSA) is 78.6 Å². The van der Waals surface area contributed by atoms with Crippen molar-refractivity contribution in [1.82, 2.24) is 0 Å². The second-order valence-electron chi connectivity index (χ2n) is 5.05. The summed E-state index contributed by atoms with van der Waals surface area (Å²) in [5.41, 5.74) is 8.67. The van der Waals surface area contributed by atoms with E-state index >= 15 is 0 Å². The molecule has 0 aliphatic heterocycles. The lowest BCUT2D eigenvalue weighted by Crippen LogP contribution is -2.15. The van der Waals surface area contributed by atoms with Gasteiger partial charge in [-0.05, 0) is 48.0 Å². The molecule has 0 saturated heterocycles. The van der Waals surface area contributed by atoms with E-state index in [4.69, 9.17) is 5.73 Å². The lowest BCUT2D eigenvalue weighted by Gasteiger charge is -2.13. The summed E-state index contributed by atoms with van der Waals surface area (Å²) in [5, 5.41) is 12.2. The molecule has 0 bridgehead atoms. The first kappa shape index (κ1) is 14.7. The third-order valence-electron chi connectivity index (χ3n) is 3.15. The lowest BCUT2D eigenvalue weighted by atomic mass is 10.1. The first-order chi connectivity index (χ1) is 9.95. The predicted molar refractivity (Wildman–Crippen MR) is 85.6 cm³/mol. The molecular weight excluding hydrogens is 266 g/mol. The van der Waals surface area contributed by atoms with E-state index in [0.717, 1.165) is 11.4 Å². The number of hydrogen-bond donors (Lipinski definition) is 3. The van der Waals surface area contributed by atoms with Gasteiger partial charge in [0.1, 0.15) is 5.75 Å². The largest absolute Gasteiger partial charge is 0.508 e. The van der Waals surface area contributed by atoms with Gasteiger partial charge in [-0.15, -0.1) is 0 Å². The van der Waals surface area contributed by atoms with Crippen LogP contribution in [0.5, 0.6) is 5.75 Å². The van der Waals surface area contributed by atoms with Crippen LogP contribution in [0.3, 0.4) is 0 Å². The number of benzene rings is 2. The molecule has 0 heterocycles. The highest BCUT2D eigenvalue weighted by Gasteiger charge is 2.08. The molecule has 5 heteroatoms. The summed E-state index contributed by atoms with van der Waals surface area (Å²) in [6.45, 7) is 0. The van der Waals surface area contributed by atoms with E-state index < -0.39 is 0 Å². The summed E-state index contributed by atoms with van der Waals surface area (Å²) in [5.74, 6) is -0.0766. The Kier molecular flexibility index (Phi) is 4.33. The number of nitrogens with one attached hydrogen (secondary N) is 1. The molecule has 0 saturated carbocycles. The van der Waals surface area contributed by atoms with Gasteiger partial charge in [0.15, 0.2) is 0 Å². The number of rotatable bonds is 4. The maximum absolute atomic E-state index is 12.0. The molecule has 4 N–H and O–H groups in total.